The van der Waals surface area contributed by atoms with E-state index in [0.717, 1.165) is 6.07 Å². The summed E-state index contributed by atoms with van der Waals surface area (Å²) in [5.74, 6) is -0.525. The van der Waals surface area contributed by atoms with Gasteiger partial charge in [-0.15, -0.1) is 11.3 Å². The Bertz CT molecular complexity index is 640. The first-order valence-corrected chi connectivity index (χ1v) is 6.87. The number of rotatable bonds is 4. The molecule has 112 valence electrons. The molecule has 0 fully saturated rings. The van der Waals surface area contributed by atoms with Gasteiger partial charge in [-0.05, 0) is 11.6 Å². The number of alkyl halides is 3. The first-order valence-electron chi connectivity index (χ1n) is 5.99. The molecule has 4 nitrogen and oxygen atoms in total. The van der Waals surface area contributed by atoms with Gasteiger partial charge in [-0.2, -0.15) is 13.2 Å². The van der Waals surface area contributed by atoms with Crippen molar-refractivity contribution in [2.45, 2.75) is 19.3 Å². The Kier molecular flexibility index (Phi) is 4.59. The molecule has 0 spiro atoms. The van der Waals surface area contributed by atoms with Crippen LogP contribution in [0.5, 0.6) is 0 Å². The zero-order valence-electron chi connectivity index (χ0n) is 10.8. The lowest BCUT2D eigenvalue weighted by atomic mass is 10.1. The van der Waals surface area contributed by atoms with Crippen LogP contribution in [-0.4, -0.2) is 10.9 Å². The van der Waals surface area contributed by atoms with Crippen molar-refractivity contribution in [3.8, 4) is 0 Å². The maximum absolute atomic E-state index is 12.8. The Morgan fingerprint density at radius 2 is 2.05 bits per heavy atom. The van der Waals surface area contributed by atoms with Gasteiger partial charge in [0.05, 0.1) is 5.56 Å². The first-order chi connectivity index (χ1) is 9.91. The van der Waals surface area contributed by atoms with E-state index in [2.05, 4.69) is 10.3 Å². The molecule has 0 radical (unpaired) electrons. The smallest absolute Gasteiger partial charge is 0.347 e. The molecule has 1 aromatic carbocycles. The molecule has 0 aliphatic rings. The molecule has 3 N–H and O–H groups in total. The summed E-state index contributed by atoms with van der Waals surface area (Å²) in [6, 6.07) is 5.11. The lowest BCUT2D eigenvalue weighted by molar-refractivity contribution is -0.138. The summed E-state index contributed by atoms with van der Waals surface area (Å²) in [6.07, 6.45) is -4.45. The van der Waals surface area contributed by atoms with E-state index in [4.69, 9.17) is 5.73 Å². The van der Waals surface area contributed by atoms with Crippen molar-refractivity contribution in [1.29, 1.82) is 0 Å². The minimum atomic E-state index is -4.45. The highest BCUT2D eigenvalue weighted by Crippen LogP contribution is 2.31. The molecule has 1 heterocycles. The third kappa shape index (κ3) is 3.79. The topological polar surface area (TPSA) is 68.0 Å². The Balaban J connectivity index is 2.08. The van der Waals surface area contributed by atoms with Gasteiger partial charge in [0.15, 0.2) is 0 Å². The van der Waals surface area contributed by atoms with Crippen LogP contribution in [0, 0.1) is 0 Å². The highest BCUT2D eigenvalue weighted by molar-refractivity contribution is 7.09. The van der Waals surface area contributed by atoms with Crippen LogP contribution in [0.1, 0.15) is 26.6 Å². The molecule has 0 bridgehead atoms. The number of amides is 1. The largest absolute Gasteiger partial charge is 0.416 e. The molecular formula is C13H12F3N3OS. The quantitative estimate of drug-likeness (QED) is 0.911. The van der Waals surface area contributed by atoms with E-state index < -0.39 is 17.6 Å². The SMILES string of the molecule is NCc1nc(C(=O)NCc2ccccc2C(F)(F)F)cs1. The summed E-state index contributed by atoms with van der Waals surface area (Å²) in [6.45, 7) is -0.00114. The number of nitrogens with two attached hydrogens (primary N) is 1. The van der Waals surface area contributed by atoms with Crippen LogP contribution in [0.15, 0.2) is 29.6 Å². The first kappa shape index (κ1) is 15.5. The number of benzene rings is 1. The molecule has 2 aromatic rings. The summed E-state index contributed by atoms with van der Waals surface area (Å²) >= 11 is 1.23. The fourth-order valence-corrected chi connectivity index (χ4v) is 2.38. The lowest BCUT2D eigenvalue weighted by Gasteiger charge is -2.12. The number of hydrogen-bond donors (Lipinski definition) is 2. The molecule has 0 saturated heterocycles. The minimum Gasteiger partial charge on any atom is -0.347 e. The van der Waals surface area contributed by atoms with Crippen LogP contribution >= 0.6 is 11.3 Å². The number of nitrogens with zero attached hydrogens (tertiary/aromatic N) is 1. The average Bonchev–Trinajstić information content (AvgIpc) is 2.93. The summed E-state index contributed by atoms with van der Waals surface area (Å²) in [4.78, 5) is 15.8. The van der Waals surface area contributed by atoms with Gasteiger partial charge in [-0.1, -0.05) is 18.2 Å². The fraction of sp³-hybridized carbons (Fsp3) is 0.231. The fourth-order valence-electron chi connectivity index (χ4n) is 1.73. The maximum Gasteiger partial charge on any atom is 0.416 e. The molecular weight excluding hydrogens is 303 g/mol. The van der Waals surface area contributed by atoms with E-state index in [1.165, 1.54) is 34.9 Å². The second-order valence-corrected chi connectivity index (χ2v) is 5.11. The Labute approximate surface area is 122 Å². The number of thiazole rings is 1. The summed E-state index contributed by atoms with van der Waals surface area (Å²) in [5.41, 5.74) is 4.79. The number of carbonyl (C=O) groups excluding carboxylic acids is 1. The predicted molar refractivity (Wildman–Crippen MR) is 72.6 cm³/mol. The molecule has 21 heavy (non-hydrogen) atoms. The van der Waals surface area contributed by atoms with Crippen LogP contribution in [0.25, 0.3) is 0 Å². The van der Waals surface area contributed by atoms with E-state index in [1.54, 1.807) is 0 Å². The number of hydrogen-bond acceptors (Lipinski definition) is 4. The zero-order chi connectivity index (χ0) is 15.5. The Morgan fingerprint density at radius 3 is 2.67 bits per heavy atom. The monoisotopic (exact) mass is 315 g/mol. The molecule has 0 unspecified atom stereocenters. The van der Waals surface area contributed by atoms with E-state index in [0.29, 0.717) is 5.01 Å². The zero-order valence-corrected chi connectivity index (χ0v) is 11.6. The number of carbonyl (C=O) groups is 1. The van der Waals surface area contributed by atoms with Gasteiger partial charge in [0.1, 0.15) is 10.7 Å². The van der Waals surface area contributed by atoms with Crippen molar-refractivity contribution in [3.63, 3.8) is 0 Å². The standard InChI is InChI=1S/C13H12F3N3OS/c14-13(15,16)9-4-2-1-3-8(9)6-18-12(20)10-7-21-11(5-17)19-10/h1-4,7H,5-6,17H2,(H,18,20). The van der Waals surface area contributed by atoms with Gasteiger partial charge in [0.25, 0.3) is 5.91 Å². The Hall–Kier alpha value is -1.93. The predicted octanol–water partition coefficient (Wildman–Crippen LogP) is 2.55. The van der Waals surface area contributed by atoms with Gasteiger partial charge in [0.2, 0.25) is 0 Å². The third-order valence-electron chi connectivity index (χ3n) is 2.72. The van der Waals surface area contributed by atoms with Crippen LogP contribution in [0.4, 0.5) is 13.2 Å². The number of halogens is 3. The van der Waals surface area contributed by atoms with Crippen molar-refractivity contribution in [2.75, 3.05) is 0 Å². The van der Waals surface area contributed by atoms with Gasteiger partial charge in [-0.25, -0.2) is 4.98 Å². The highest BCUT2D eigenvalue weighted by Gasteiger charge is 2.32. The van der Waals surface area contributed by atoms with E-state index in [-0.39, 0.29) is 24.3 Å². The molecule has 0 atom stereocenters. The van der Waals surface area contributed by atoms with Crippen molar-refractivity contribution in [3.05, 3.63) is 51.5 Å². The van der Waals surface area contributed by atoms with Gasteiger partial charge in [0, 0.05) is 18.5 Å². The minimum absolute atomic E-state index is 0.00706. The summed E-state index contributed by atoms with van der Waals surface area (Å²) < 4.78 is 38.4. The lowest BCUT2D eigenvalue weighted by Crippen LogP contribution is -2.24. The van der Waals surface area contributed by atoms with E-state index >= 15 is 0 Å². The normalized spacial score (nSPS) is 11.4. The average molecular weight is 315 g/mol. The maximum atomic E-state index is 12.8. The van der Waals surface area contributed by atoms with Crippen LogP contribution in [0.3, 0.4) is 0 Å². The van der Waals surface area contributed by atoms with Crippen molar-refractivity contribution < 1.29 is 18.0 Å². The van der Waals surface area contributed by atoms with Gasteiger partial charge >= 0.3 is 6.18 Å². The van der Waals surface area contributed by atoms with E-state index in [9.17, 15) is 18.0 Å². The van der Waals surface area contributed by atoms with Crippen LogP contribution in [0.2, 0.25) is 0 Å². The summed E-state index contributed by atoms with van der Waals surface area (Å²) in [5, 5.41) is 4.54. The molecule has 0 aliphatic heterocycles. The third-order valence-corrected chi connectivity index (χ3v) is 3.59. The van der Waals surface area contributed by atoms with Gasteiger partial charge in [-0.3, -0.25) is 4.79 Å². The Morgan fingerprint density at radius 1 is 1.33 bits per heavy atom. The van der Waals surface area contributed by atoms with Crippen LogP contribution in [-0.2, 0) is 19.3 Å². The highest BCUT2D eigenvalue weighted by atomic mass is 32.1. The van der Waals surface area contributed by atoms with Gasteiger partial charge < -0.3 is 11.1 Å². The summed E-state index contributed by atoms with van der Waals surface area (Å²) in [7, 11) is 0. The van der Waals surface area contributed by atoms with Crippen molar-refractivity contribution >= 4 is 17.2 Å². The second kappa shape index (κ2) is 6.23. The van der Waals surface area contributed by atoms with Crippen molar-refractivity contribution in [1.82, 2.24) is 10.3 Å². The van der Waals surface area contributed by atoms with E-state index in [1.807, 2.05) is 0 Å². The molecule has 8 heteroatoms. The molecule has 1 aromatic heterocycles. The molecule has 2 rings (SSSR count). The number of aromatic nitrogens is 1. The second-order valence-electron chi connectivity index (χ2n) is 4.17. The molecule has 0 saturated carbocycles. The van der Waals surface area contributed by atoms with Crippen molar-refractivity contribution in [2.24, 2.45) is 5.73 Å². The molecule has 1 amide bonds. The molecule has 0 aliphatic carbocycles. The number of nitrogens with one attached hydrogen (secondary N) is 1. The van der Waals surface area contributed by atoms with Crippen LogP contribution < -0.4 is 11.1 Å².